The zero-order valence-electron chi connectivity index (χ0n) is 11.1. The van der Waals surface area contributed by atoms with Crippen molar-refractivity contribution in [2.24, 2.45) is 5.41 Å². The lowest BCUT2D eigenvalue weighted by molar-refractivity contribution is -0.261. The van der Waals surface area contributed by atoms with Gasteiger partial charge in [0, 0.05) is 11.3 Å². The molecule has 1 aromatic rings. The molecule has 0 spiro atoms. The van der Waals surface area contributed by atoms with Gasteiger partial charge in [-0.1, -0.05) is 51.1 Å². The van der Waals surface area contributed by atoms with Crippen LogP contribution in [0, 0.1) is 5.41 Å². The SMILES string of the molecule is CC(c1ccccc1)C1OCC(C)(C)C(C)O1. The molecule has 1 aliphatic rings. The fraction of sp³-hybridized carbons (Fsp3) is 0.600. The Balaban J connectivity index is 2.05. The molecule has 1 saturated heterocycles. The Morgan fingerprint density at radius 1 is 1.24 bits per heavy atom. The van der Waals surface area contributed by atoms with Crippen LogP contribution in [-0.4, -0.2) is 19.0 Å². The van der Waals surface area contributed by atoms with Crippen molar-refractivity contribution in [3.05, 3.63) is 35.9 Å². The summed E-state index contributed by atoms with van der Waals surface area (Å²) in [6.07, 6.45) is 0.104. The van der Waals surface area contributed by atoms with Gasteiger partial charge in [-0.15, -0.1) is 0 Å². The average molecular weight is 234 g/mol. The predicted octanol–water partition coefficient (Wildman–Crippen LogP) is 3.58. The number of hydrogen-bond donors (Lipinski definition) is 0. The molecule has 94 valence electrons. The fourth-order valence-corrected chi connectivity index (χ4v) is 2.01. The highest BCUT2D eigenvalue weighted by molar-refractivity contribution is 5.19. The van der Waals surface area contributed by atoms with Crippen molar-refractivity contribution < 1.29 is 9.47 Å². The Morgan fingerprint density at radius 3 is 2.47 bits per heavy atom. The summed E-state index contributed by atoms with van der Waals surface area (Å²) in [7, 11) is 0. The highest BCUT2D eigenvalue weighted by Gasteiger charge is 2.37. The average Bonchev–Trinajstić information content (AvgIpc) is 2.33. The number of hydrogen-bond acceptors (Lipinski definition) is 2. The van der Waals surface area contributed by atoms with E-state index in [4.69, 9.17) is 9.47 Å². The summed E-state index contributed by atoms with van der Waals surface area (Å²) < 4.78 is 11.9. The van der Waals surface area contributed by atoms with Gasteiger partial charge in [0.15, 0.2) is 6.29 Å². The molecule has 1 aliphatic heterocycles. The lowest BCUT2D eigenvalue weighted by Gasteiger charge is -2.42. The standard InChI is InChI=1S/C15H22O2/c1-11(13-8-6-5-7-9-13)14-16-10-15(3,4)12(2)17-14/h5-9,11-12,14H,10H2,1-4H3. The first kappa shape index (κ1) is 12.6. The van der Waals surface area contributed by atoms with E-state index in [0.29, 0.717) is 0 Å². The van der Waals surface area contributed by atoms with Crippen molar-refractivity contribution in [1.82, 2.24) is 0 Å². The van der Waals surface area contributed by atoms with Gasteiger partial charge in [-0.3, -0.25) is 0 Å². The minimum atomic E-state index is -0.125. The van der Waals surface area contributed by atoms with Crippen LogP contribution in [0.3, 0.4) is 0 Å². The topological polar surface area (TPSA) is 18.5 Å². The Morgan fingerprint density at radius 2 is 1.88 bits per heavy atom. The van der Waals surface area contributed by atoms with E-state index in [2.05, 4.69) is 52.0 Å². The molecule has 1 fully saturated rings. The summed E-state index contributed by atoms with van der Waals surface area (Å²) in [4.78, 5) is 0. The summed E-state index contributed by atoms with van der Waals surface area (Å²) in [5, 5.41) is 0. The van der Waals surface area contributed by atoms with Crippen molar-refractivity contribution >= 4 is 0 Å². The van der Waals surface area contributed by atoms with Gasteiger partial charge < -0.3 is 9.47 Å². The molecule has 2 heteroatoms. The maximum atomic E-state index is 6.00. The molecular weight excluding hydrogens is 212 g/mol. The lowest BCUT2D eigenvalue weighted by atomic mass is 9.87. The Kier molecular flexibility index (Phi) is 3.55. The first-order valence-electron chi connectivity index (χ1n) is 6.33. The van der Waals surface area contributed by atoms with Gasteiger partial charge in [-0.05, 0) is 12.5 Å². The van der Waals surface area contributed by atoms with E-state index in [1.807, 2.05) is 6.07 Å². The maximum absolute atomic E-state index is 6.00. The third-order valence-corrected chi connectivity index (χ3v) is 3.79. The Bertz CT molecular complexity index is 358. The normalized spacial score (nSPS) is 29.9. The van der Waals surface area contributed by atoms with Gasteiger partial charge in [-0.25, -0.2) is 0 Å². The highest BCUT2D eigenvalue weighted by Crippen LogP contribution is 2.34. The van der Waals surface area contributed by atoms with Crippen LogP contribution in [0.25, 0.3) is 0 Å². The smallest absolute Gasteiger partial charge is 0.164 e. The van der Waals surface area contributed by atoms with Crippen molar-refractivity contribution in [2.75, 3.05) is 6.61 Å². The van der Waals surface area contributed by atoms with Crippen LogP contribution in [0.1, 0.15) is 39.2 Å². The summed E-state index contributed by atoms with van der Waals surface area (Å²) in [6, 6.07) is 10.4. The Labute approximate surface area is 104 Å². The zero-order chi connectivity index (χ0) is 12.5. The van der Waals surface area contributed by atoms with Gasteiger partial charge >= 0.3 is 0 Å². The summed E-state index contributed by atoms with van der Waals surface area (Å²) >= 11 is 0. The van der Waals surface area contributed by atoms with Crippen LogP contribution in [0.2, 0.25) is 0 Å². The molecule has 0 saturated carbocycles. The van der Waals surface area contributed by atoms with E-state index in [1.54, 1.807) is 0 Å². The molecule has 0 radical (unpaired) electrons. The zero-order valence-corrected chi connectivity index (χ0v) is 11.1. The largest absolute Gasteiger partial charge is 0.351 e. The van der Waals surface area contributed by atoms with Crippen molar-refractivity contribution in [3.63, 3.8) is 0 Å². The first-order chi connectivity index (χ1) is 8.00. The lowest BCUT2D eigenvalue weighted by Crippen LogP contribution is -2.45. The van der Waals surface area contributed by atoms with Gasteiger partial charge in [0.25, 0.3) is 0 Å². The van der Waals surface area contributed by atoms with E-state index in [9.17, 15) is 0 Å². The van der Waals surface area contributed by atoms with Gasteiger partial charge in [0.05, 0.1) is 12.7 Å². The second-order valence-electron chi connectivity index (χ2n) is 5.65. The van der Waals surface area contributed by atoms with Crippen LogP contribution in [0.4, 0.5) is 0 Å². The second kappa shape index (κ2) is 4.79. The van der Waals surface area contributed by atoms with E-state index >= 15 is 0 Å². The molecule has 3 unspecified atom stereocenters. The Hall–Kier alpha value is -0.860. The maximum Gasteiger partial charge on any atom is 0.164 e. The quantitative estimate of drug-likeness (QED) is 0.778. The molecule has 1 heterocycles. The molecule has 17 heavy (non-hydrogen) atoms. The van der Waals surface area contributed by atoms with Crippen LogP contribution in [0.5, 0.6) is 0 Å². The van der Waals surface area contributed by atoms with Crippen LogP contribution < -0.4 is 0 Å². The van der Waals surface area contributed by atoms with Gasteiger partial charge in [0.1, 0.15) is 0 Å². The molecule has 0 amide bonds. The van der Waals surface area contributed by atoms with Gasteiger partial charge in [0.2, 0.25) is 0 Å². The molecule has 0 N–H and O–H groups in total. The molecule has 3 atom stereocenters. The highest BCUT2D eigenvalue weighted by atomic mass is 16.7. The molecule has 0 aromatic heterocycles. The minimum Gasteiger partial charge on any atom is -0.351 e. The number of rotatable bonds is 2. The predicted molar refractivity (Wildman–Crippen MR) is 68.9 cm³/mol. The number of ether oxygens (including phenoxy) is 2. The molecular formula is C15H22O2. The summed E-state index contributed by atoms with van der Waals surface area (Å²) in [5.74, 6) is 0.273. The number of benzene rings is 1. The van der Waals surface area contributed by atoms with Crippen molar-refractivity contribution in [2.45, 2.75) is 46.0 Å². The monoisotopic (exact) mass is 234 g/mol. The van der Waals surface area contributed by atoms with E-state index in [1.165, 1.54) is 5.56 Å². The van der Waals surface area contributed by atoms with Crippen LogP contribution >= 0.6 is 0 Å². The molecule has 2 rings (SSSR count). The minimum absolute atomic E-state index is 0.104. The van der Waals surface area contributed by atoms with Crippen LogP contribution in [0.15, 0.2) is 30.3 Å². The van der Waals surface area contributed by atoms with Gasteiger partial charge in [-0.2, -0.15) is 0 Å². The van der Waals surface area contributed by atoms with Crippen molar-refractivity contribution in [1.29, 1.82) is 0 Å². The third-order valence-electron chi connectivity index (χ3n) is 3.79. The third kappa shape index (κ3) is 2.70. The second-order valence-corrected chi connectivity index (χ2v) is 5.65. The molecule has 0 bridgehead atoms. The molecule has 1 aromatic carbocycles. The van der Waals surface area contributed by atoms with E-state index in [-0.39, 0.29) is 23.7 Å². The van der Waals surface area contributed by atoms with E-state index in [0.717, 1.165) is 6.61 Å². The van der Waals surface area contributed by atoms with Crippen LogP contribution in [-0.2, 0) is 9.47 Å². The summed E-state index contributed by atoms with van der Waals surface area (Å²) in [6.45, 7) is 9.41. The summed E-state index contributed by atoms with van der Waals surface area (Å²) in [5.41, 5.74) is 1.37. The first-order valence-corrected chi connectivity index (χ1v) is 6.33. The molecule has 2 nitrogen and oxygen atoms in total. The van der Waals surface area contributed by atoms with Crippen molar-refractivity contribution in [3.8, 4) is 0 Å². The fourth-order valence-electron chi connectivity index (χ4n) is 2.01. The van der Waals surface area contributed by atoms with E-state index < -0.39 is 0 Å². The molecule has 0 aliphatic carbocycles.